The summed E-state index contributed by atoms with van der Waals surface area (Å²) in [6.45, 7) is 1.75. The molecule has 1 saturated heterocycles. The number of likely N-dealkylation sites (tertiary alicyclic amines) is 1. The maximum Gasteiger partial charge on any atom is 0.243 e. The zero-order chi connectivity index (χ0) is 26.7. The van der Waals surface area contributed by atoms with E-state index in [1.807, 2.05) is 84.9 Å². The topological polar surface area (TPSA) is 111 Å². The van der Waals surface area contributed by atoms with Crippen LogP contribution in [0, 0.1) is 0 Å². The maximum atomic E-state index is 13.4. The van der Waals surface area contributed by atoms with Crippen molar-refractivity contribution in [3.8, 4) is 0 Å². The average molecular weight is 515 g/mol. The number of carbonyl (C=O) groups excluding carboxylic acids is 2. The number of hydrogen-bond acceptors (Lipinski definition) is 5. The average Bonchev–Trinajstić information content (AvgIpc) is 2.98. The summed E-state index contributed by atoms with van der Waals surface area (Å²) in [5, 5.41) is 3.02. The summed E-state index contributed by atoms with van der Waals surface area (Å²) < 4.78 is 6.17. The lowest BCUT2D eigenvalue weighted by Crippen LogP contribution is -2.58. The quantitative estimate of drug-likeness (QED) is 0.364. The second-order valence-corrected chi connectivity index (χ2v) is 9.86. The molecule has 1 aliphatic rings. The summed E-state index contributed by atoms with van der Waals surface area (Å²) in [5.41, 5.74) is 16.3. The number of piperidine rings is 1. The molecule has 0 radical (unpaired) electrons. The van der Waals surface area contributed by atoms with Crippen molar-refractivity contribution in [2.75, 3.05) is 6.54 Å². The van der Waals surface area contributed by atoms with Gasteiger partial charge in [0.1, 0.15) is 6.04 Å². The highest BCUT2D eigenvalue weighted by Gasteiger charge is 2.38. The number of rotatable bonds is 11. The first-order valence-corrected chi connectivity index (χ1v) is 13.3. The van der Waals surface area contributed by atoms with Gasteiger partial charge in [0.25, 0.3) is 0 Å². The Kier molecular flexibility index (Phi) is 10.0. The van der Waals surface area contributed by atoms with Crippen molar-refractivity contribution in [2.45, 2.75) is 63.6 Å². The molecule has 1 heterocycles. The summed E-state index contributed by atoms with van der Waals surface area (Å²) in [6, 6.07) is 26.5. The molecule has 3 unspecified atom stereocenters. The molecule has 1 aliphatic heterocycles. The molecule has 3 aromatic carbocycles. The molecule has 5 N–H and O–H groups in total. The highest BCUT2D eigenvalue weighted by Crippen LogP contribution is 2.23. The standard InChI is InChI=1S/C31H38N4O3/c32-20-24-11-13-25(14-12-24)21-34-30(36)29-19-27(38-22-26-9-5-2-6-10-26)17-18-35(29)31(37)28(33)16-15-23-7-3-1-4-8-23/h1-14,27-29H,15-22,32-33H2,(H,34,36). The van der Waals surface area contributed by atoms with Crippen molar-refractivity contribution in [1.29, 1.82) is 0 Å². The fourth-order valence-corrected chi connectivity index (χ4v) is 4.79. The van der Waals surface area contributed by atoms with E-state index in [9.17, 15) is 9.59 Å². The molecule has 0 saturated carbocycles. The zero-order valence-corrected chi connectivity index (χ0v) is 21.8. The predicted octanol–water partition coefficient (Wildman–Crippen LogP) is 3.30. The molecule has 0 spiro atoms. The van der Waals surface area contributed by atoms with Crippen LogP contribution in [0.15, 0.2) is 84.9 Å². The number of ether oxygens (including phenoxy) is 1. The third-order valence-electron chi connectivity index (χ3n) is 7.10. The lowest BCUT2D eigenvalue weighted by atomic mass is 9.96. The van der Waals surface area contributed by atoms with E-state index in [1.165, 1.54) is 0 Å². The SMILES string of the molecule is NCc1ccc(CNC(=O)C2CC(OCc3ccccc3)CCN2C(=O)C(N)CCc2ccccc2)cc1. The normalized spacial score (nSPS) is 18.1. The van der Waals surface area contributed by atoms with Crippen molar-refractivity contribution >= 4 is 11.8 Å². The molecule has 7 nitrogen and oxygen atoms in total. The molecule has 2 amide bonds. The van der Waals surface area contributed by atoms with Crippen LogP contribution >= 0.6 is 0 Å². The van der Waals surface area contributed by atoms with E-state index in [2.05, 4.69) is 5.32 Å². The number of amides is 2. The van der Waals surface area contributed by atoms with Gasteiger partial charge in [-0.2, -0.15) is 0 Å². The first-order valence-electron chi connectivity index (χ1n) is 13.3. The Balaban J connectivity index is 1.40. The predicted molar refractivity (Wildman–Crippen MR) is 149 cm³/mol. The Labute approximate surface area is 225 Å². The van der Waals surface area contributed by atoms with Crippen molar-refractivity contribution < 1.29 is 14.3 Å². The summed E-state index contributed by atoms with van der Waals surface area (Å²) >= 11 is 0. The van der Waals surface area contributed by atoms with E-state index < -0.39 is 12.1 Å². The molecule has 3 aromatic rings. The number of aryl methyl sites for hydroxylation is 1. The smallest absolute Gasteiger partial charge is 0.243 e. The molecular weight excluding hydrogens is 476 g/mol. The van der Waals surface area contributed by atoms with Crippen molar-refractivity contribution in [3.63, 3.8) is 0 Å². The van der Waals surface area contributed by atoms with Crippen LogP contribution in [0.3, 0.4) is 0 Å². The van der Waals surface area contributed by atoms with E-state index >= 15 is 0 Å². The second kappa shape index (κ2) is 13.9. The molecular formula is C31H38N4O3. The Bertz CT molecular complexity index is 1150. The lowest BCUT2D eigenvalue weighted by molar-refractivity contribution is -0.147. The Hall–Kier alpha value is -3.52. The monoisotopic (exact) mass is 514 g/mol. The minimum Gasteiger partial charge on any atom is -0.373 e. The van der Waals surface area contributed by atoms with Gasteiger partial charge in [-0.1, -0.05) is 84.9 Å². The van der Waals surface area contributed by atoms with Gasteiger partial charge in [-0.15, -0.1) is 0 Å². The maximum absolute atomic E-state index is 13.4. The van der Waals surface area contributed by atoms with E-state index in [1.54, 1.807) is 4.90 Å². The van der Waals surface area contributed by atoms with Crippen LogP contribution in [0.5, 0.6) is 0 Å². The Morgan fingerprint density at radius 3 is 2.18 bits per heavy atom. The second-order valence-electron chi connectivity index (χ2n) is 9.86. The van der Waals surface area contributed by atoms with Gasteiger partial charge in [0.15, 0.2) is 0 Å². The van der Waals surface area contributed by atoms with Crippen LogP contribution in [0.1, 0.15) is 41.5 Å². The van der Waals surface area contributed by atoms with Gasteiger partial charge in [0, 0.05) is 26.1 Å². The van der Waals surface area contributed by atoms with Gasteiger partial charge in [0.2, 0.25) is 11.8 Å². The van der Waals surface area contributed by atoms with Crippen molar-refractivity contribution in [3.05, 3.63) is 107 Å². The largest absolute Gasteiger partial charge is 0.373 e. The lowest BCUT2D eigenvalue weighted by Gasteiger charge is -2.39. The van der Waals surface area contributed by atoms with Gasteiger partial charge >= 0.3 is 0 Å². The minimum atomic E-state index is -0.670. The Morgan fingerprint density at radius 2 is 1.53 bits per heavy atom. The van der Waals surface area contributed by atoms with Crippen LogP contribution in [-0.2, 0) is 40.4 Å². The molecule has 200 valence electrons. The Morgan fingerprint density at radius 1 is 0.895 bits per heavy atom. The number of nitrogens with zero attached hydrogens (tertiary/aromatic N) is 1. The zero-order valence-electron chi connectivity index (χ0n) is 21.8. The summed E-state index contributed by atoms with van der Waals surface area (Å²) in [6.07, 6.45) is 2.20. The number of carbonyl (C=O) groups is 2. The van der Waals surface area contributed by atoms with E-state index in [-0.39, 0.29) is 17.9 Å². The summed E-state index contributed by atoms with van der Waals surface area (Å²) in [4.78, 5) is 28.5. The molecule has 3 atom stereocenters. The fraction of sp³-hybridized carbons (Fsp3) is 0.355. The van der Waals surface area contributed by atoms with Gasteiger partial charge in [-0.25, -0.2) is 0 Å². The van der Waals surface area contributed by atoms with E-state index in [0.29, 0.717) is 51.9 Å². The minimum absolute atomic E-state index is 0.126. The number of hydrogen-bond donors (Lipinski definition) is 3. The first-order chi connectivity index (χ1) is 18.5. The van der Waals surface area contributed by atoms with Gasteiger partial charge in [-0.05, 0) is 41.5 Å². The number of benzene rings is 3. The van der Waals surface area contributed by atoms with Gasteiger partial charge < -0.3 is 26.4 Å². The third-order valence-corrected chi connectivity index (χ3v) is 7.10. The van der Waals surface area contributed by atoms with Gasteiger partial charge in [-0.3, -0.25) is 9.59 Å². The molecule has 0 aliphatic carbocycles. The third kappa shape index (κ3) is 7.74. The van der Waals surface area contributed by atoms with Crippen LogP contribution in [0.25, 0.3) is 0 Å². The summed E-state index contributed by atoms with van der Waals surface area (Å²) in [5.74, 6) is -0.376. The highest BCUT2D eigenvalue weighted by atomic mass is 16.5. The number of nitrogens with one attached hydrogen (secondary N) is 1. The molecule has 0 bridgehead atoms. The van der Waals surface area contributed by atoms with Crippen LogP contribution < -0.4 is 16.8 Å². The van der Waals surface area contributed by atoms with Crippen molar-refractivity contribution in [2.24, 2.45) is 11.5 Å². The molecule has 0 aromatic heterocycles. The van der Waals surface area contributed by atoms with Crippen LogP contribution in [0.2, 0.25) is 0 Å². The van der Waals surface area contributed by atoms with E-state index in [4.69, 9.17) is 16.2 Å². The highest BCUT2D eigenvalue weighted by molar-refractivity contribution is 5.90. The van der Waals surface area contributed by atoms with Crippen LogP contribution in [0.4, 0.5) is 0 Å². The van der Waals surface area contributed by atoms with E-state index in [0.717, 1.165) is 22.3 Å². The molecule has 38 heavy (non-hydrogen) atoms. The fourth-order valence-electron chi connectivity index (χ4n) is 4.79. The van der Waals surface area contributed by atoms with Crippen molar-refractivity contribution in [1.82, 2.24) is 10.2 Å². The summed E-state index contributed by atoms with van der Waals surface area (Å²) in [7, 11) is 0. The first kappa shape index (κ1) is 27.5. The molecule has 4 rings (SSSR count). The van der Waals surface area contributed by atoms with Crippen LogP contribution in [-0.4, -0.2) is 41.4 Å². The van der Waals surface area contributed by atoms with Gasteiger partial charge in [0.05, 0.1) is 18.8 Å². The molecule has 7 heteroatoms. The molecule has 1 fully saturated rings. The number of nitrogens with two attached hydrogens (primary N) is 2.